The van der Waals surface area contributed by atoms with Crippen LogP contribution in [0.15, 0.2) is 29.3 Å². The van der Waals surface area contributed by atoms with Gasteiger partial charge in [-0.1, -0.05) is 24.3 Å². The molecule has 0 bridgehead atoms. The number of rotatable bonds is 8. The third kappa shape index (κ3) is 8.32. The number of nitrogens with one attached hydrogen (secondary N) is 1. The van der Waals surface area contributed by atoms with Gasteiger partial charge in [0.25, 0.3) is 0 Å². The molecule has 2 fully saturated rings. The number of methoxy groups -OCH3 is 1. The summed E-state index contributed by atoms with van der Waals surface area (Å²) in [6.45, 7) is 7.93. The Kier molecular flexibility index (Phi) is 12.0. The van der Waals surface area contributed by atoms with Crippen LogP contribution in [0.5, 0.6) is 0 Å². The summed E-state index contributed by atoms with van der Waals surface area (Å²) < 4.78 is 17.1. The Balaban J connectivity index is 0.00000320. The highest BCUT2D eigenvalue weighted by atomic mass is 127. The maximum atomic E-state index is 6.15. The second kappa shape index (κ2) is 14.2. The first-order valence-electron chi connectivity index (χ1n) is 11.1. The van der Waals surface area contributed by atoms with E-state index in [2.05, 4.69) is 41.4 Å². The number of aliphatic imine (C=N–C) groups is 1. The molecule has 3 rings (SSSR count). The number of nitrogens with zero attached hydrogens (tertiary/aromatic N) is 2. The van der Waals surface area contributed by atoms with Crippen molar-refractivity contribution in [2.45, 2.75) is 64.4 Å². The van der Waals surface area contributed by atoms with Gasteiger partial charge < -0.3 is 24.4 Å². The van der Waals surface area contributed by atoms with E-state index in [1.807, 2.05) is 0 Å². The van der Waals surface area contributed by atoms with Crippen LogP contribution in [-0.4, -0.2) is 63.0 Å². The minimum absolute atomic E-state index is 0. The number of benzene rings is 1. The van der Waals surface area contributed by atoms with Crippen LogP contribution >= 0.6 is 24.0 Å². The SMILES string of the molecule is CCNC(=NCc1ccc(COC)cc1)N1CCC(OCC2CCCCO2)CC1.I. The molecule has 0 radical (unpaired) electrons. The standard InChI is InChI=1S/C23H37N3O3.HI/c1-3-24-23(25-16-19-7-9-20(10-8-19)17-27-2)26-13-11-21(12-14-26)29-18-22-6-4-5-15-28-22;/h7-10,21-22H,3-6,11-18H2,1-2H3,(H,24,25);1H. The van der Waals surface area contributed by atoms with Crippen molar-refractivity contribution in [2.75, 3.05) is 40.0 Å². The lowest BCUT2D eigenvalue weighted by Gasteiger charge is -2.35. The molecule has 0 aliphatic carbocycles. The molecule has 0 saturated carbocycles. The van der Waals surface area contributed by atoms with Crippen molar-refractivity contribution in [3.05, 3.63) is 35.4 Å². The van der Waals surface area contributed by atoms with Gasteiger partial charge in [-0.25, -0.2) is 4.99 Å². The molecule has 0 spiro atoms. The summed E-state index contributed by atoms with van der Waals surface area (Å²) in [5, 5.41) is 3.45. The van der Waals surface area contributed by atoms with Crippen LogP contribution in [0.25, 0.3) is 0 Å². The maximum absolute atomic E-state index is 6.15. The molecule has 30 heavy (non-hydrogen) atoms. The monoisotopic (exact) mass is 531 g/mol. The van der Waals surface area contributed by atoms with Crippen LogP contribution in [0.1, 0.15) is 50.2 Å². The normalized spacial score (nSPS) is 20.7. The molecule has 170 valence electrons. The lowest BCUT2D eigenvalue weighted by molar-refractivity contribution is -0.0721. The van der Waals surface area contributed by atoms with Crippen LogP contribution in [0, 0.1) is 0 Å². The first-order valence-corrected chi connectivity index (χ1v) is 11.1. The summed E-state index contributed by atoms with van der Waals surface area (Å²) in [4.78, 5) is 7.23. The topological polar surface area (TPSA) is 55.3 Å². The highest BCUT2D eigenvalue weighted by Crippen LogP contribution is 2.18. The molecular formula is C23H38IN3O3. The van der Waals surface area contributed by atoms with E-state index in [0.717, 1.165) is 58.1 Å². The summed E-state index contributed by atoms with van der Waals surface area (Å²) in [6, 6.07) is 8.49. The van der Waals surface area contributed by atoms with Gasteiger partial charge in [0.05, 0.1) is 32.0 Å². The molecule has 6 nitrogen and oxygen atoms in total. The van der Waals surface area contributed by atoms with Gasteiger partial charge in [-0.05, 0) is 50.2 Å². The largest absolute Gasteiger partial charge is 0.380 e. The zero-order valence-electron chi connectivity index (χ0n) is 18.5. The van der Waals surface area contributed by atoms with Crippen molar-refractivity contribution in [3.63, 3.8) is 0 Å². The van der Waals surface area contributed by atoms with Gasteiger partial charge in [-0.2, -0.15) is 0 Å². The highest BCUT2D eigenvalue weighted by Gasteiger charge is 2.23. The van der Waals surface area contributed by atoms with E-state index < -0.39 is 0 Å². The summed E-state index contributed by atoms with van der Waals surface area (Å²) >= 11 is 0. The van der Waals surface area contributed by atoms with Gasteiger partial charge in [-0.3, -0.25) is 0 Å². The number of likely N-dealkylation sites (tertiary alicyclic amines) is 1. The van der Waals surface area contributed by atoms with Crippen LogP contribution in [-0.2, 0) is 27.4 Å². The van der Waals surface area contributed by atoms with E-state index in [-0.39, 0.29) is 24.0 Å². The lowest BCUT2D eigenvalue weighted by Crippen LogP contribution is -2.47. The summed E-state index contributed by atoms with van der Waals surface area (Å²) in [7, 11) is 1.72. The molecule has 1 unspecified atom stereocenters. The molecule has 2 saturated heterocycles. The zero-order valence-corrected chi connectivity index (χ0v) is 20.8. The Hall–Kier alpha value is -0.900. The van der Waals surface area contributed by atoms with Gasteiger partial charge in [0.15, 0.2) is 5.96 Å². The second-order valence-corrected chi connectivity index (χ2v) is 7.93. The average molecular weight is 531 g/mol. The molecule has 2 heterocycles. The van der Waals surface area contributed by atoms with Crippen LogP contribution in [0.3, 0.4) is 0 Å². The number of guanidine groups is 1. The van der Waals surface area contributed by atoms with E-state index in [0.29, 0.717) is 25.4 Å². The predicted molar refractivity (Wildman–Crippen MR) is 132 cm³/mol. The number of hydrogen-bond acceptors (Lipinski definition) is 4. The molecule has 0 aromatic heterocycles. The van der Waals surface area contributed by atoms with Crippen molar-refractivity contribution >= 4 is 29.9 Å². The van der Waals surface area contributed by atoms with Crippen LogP contribution < -0.4 is 5.32 Å². The zero-order chi connectivity index (χ0) is 20.3. The Labute approximate surface area is 198 Å². The van der Waals surface area contributed by atoms with E-state index in [1.165, 1.54) is 24.0 Å². The van der Waals surface area contributed by atoms with Crippen molar-refractivity contribution in [3.8, 4) is 0 Å². The predicted octanol–water partition coefficient (Wildman–Crippen LogP) is 3.97. The molecule has 7 heteroatoms. The molecule has 1 aromatic rings. The Morgan fingerprint density at radius 1 is 1.13 bits per heavy atom. The minimum Gasteiger partial charge on any atom is -0.380 e. The third-order valence-electron chi connectivity index (χ3n) is 5.61. The maximum Gasteiger partial charge on any atom is 0.194 e. The Morgan fingerprint density at radius 2 is 1.87 bits per heavy atom. The highest BCUT2D eigenvalue weighted by molar-refractivity contribution is 14.0. The number of ether oxygens (including phenoxy) is 3. The fourth-order valence-electron chi connectivity index (χ4n) is 3.92. The molecule has 2 aliphatic rings. The first kappa shape index (κ1) is 25.4. The number of piperidine rings is 1. The minimum atomic E-state index is 0. The van der Waals surface area contributed by atoms with Gasteiger partial charge in [0.1, 0.15) is 0 Å². The molecule has 1 atom stereocenters. The van der Waals surface area contributed by atoms with Crippen molar-refractivity contribution in [1.82, 2.24) is 10.2 Å². The van der Waals surface area contributed by atoms with Gasteiger partial charge in [0.2, 0.25) is 0 Å². The van der Waals surface area contributed by atoms with E-state index in [1.54, 1.807) is 7.11 Å². The van der Waals surface area contributed by atoms with Crippen molar-refractivity contribution < 1.29 is 14.2 Å². The Bertz CT molecular complexity index is 613. The average Bonchev–Trinajstić information content (AvgIpc) is 2.77. The fraction of sp³-hybridized carbons (Fsp3) is 0.696. The summed E-state index contributed by atoms with van der Waals surface area (Å²) in [5.74, 6) is 1.00. The van der Waals surface area contributed by atoms with E-state index in [4.69, 9.17) is 19.2 Å². The molecule has 1 N–H and O–H groups in total. The lowest BCUT2D eigenvalue weighted by atomic mass is 10.1. The molecule has 2 aliphatic heterocycles. The first-order chi connectivity index (χ1) is 14.3. The smallest absolute Gasteiger partial charge is 0.194 e. The fourth-order valence-corrected chi connectivity index (χ4v) is 3.92. The van der Waals surface area contributed by atoms with E-state index in [9.17, 15) is 0 Å². The Morgan fingerprint density at radius 3 is 2.50 bits per heavy atom. The van der Waals surface area contributed by atoms with Gasteiger partial charge >= 0.3 is 0 Å². The number of halogens is 1. The second-order valence-electron chi connectivity index (χ2n) is 7.93. The van der Waals surface area contributed by atoms with E-state index >= 15 is 0 Å². The molecule has 1 aromatic carbocycles. The van der Waals surface area contributed by atoms with Crippen molar-refractivity contribution in [2.24, 2.45) is 4.99 Å². The van der Waals surface area contributed by atoms with Gasteiger partial charge in [-0.15, -0.1) is 24.0 Å². The number of hydrogen-bond donors (Lipinski definition) is 1. The third-order valence-corrected chi connectivity index (χ3v) is 5.61. The van der Waals surface area contributed by atoms with Crippen molar-refractivity contribution in [1.29, 1.82) is 0 Å². The molecule has 0 amide bonds. The quantitative estimate of drug-likeness (QED) is 0.313. The summed E-state index contributed by atoms with van der Waals surface area (Å²) in [5.41, 5.74) is 2.40. The van der Waals surface area contributed by atoms with Gasteiger partial charge in [0, 0.05) is 33.4 Å². The molecular weight excluding hydrogens is 493 g/mol. The van der Waals surface area contributed by atoms with Crippen LogP contribution in [0.2, 0.25) is 0 Å². The van der Waals surface area contributed by atoms with Crippen LogP contribution in [0.4, 0.5) is 0 Å². The summed E-state index contributed by atoms with van der Waals surface area (Å²) in [6.07, 6.45) is 6.33.